The fourth-order valence-corrected chi connectivity index (χ4v) is 2.61. The first-order valence-electron chi connectivity index (χ1n) is 6.82. The molecule has 0 unspecified atom stereocenters. The number of amides is 1. The van der Waals surface area contributed by atoms with Crippen molar-refractivity contribution in [3.8, 4) is 11.4 Å². The molecule has 118 valence electrons. The Labute approximate surface area is 145 Å². The number of fused-ring (bicyclic) bond motifs is 1. The van der Waals surface area contributed by atoms with E-state index in [1.165, 1.54) is 0 Å². The Bertz CT molecular complexity index is 881. The summed E-state index contributed by atoms with van der Waals surface area (Å²) in [6, 6.07) is 6.99. The van der Waals surface area contributed by atoms with E-state index in [9.17, 15) is 4.79 Å². The van der Waals surface area contributed by atoms with Crippen LogP contribution in [0.1, 0.15) is 6.92 Å². The van der Waals surface area contributed by atoms with Gasteiger partial charge in [-0.1, -0.05) is 11.6 Å². The third-order valence-electron chi connectivity index (χ3n) is 3.05. The van der Waals surface area contributed by atoms with Crippen LogP contribution in [-0.2, 0) is 4.74 Å². The number of aromatic amines is 1. The van der Waals surface area contributed by atoms with Gasteiger partial charge in [0.2, 0.25) is 0 Å². The summed E-state index contributed by atoms with van der Waals surface area (Å²) in [6.45, 7) is 2.04. The number of hydrogen-bond acceptors (Lipinski definition) is 4. The molecule has 2 heterocycles. The van der Waals surface area contributed by atoms with Gasteiger partial charge in [0.25, 0.3) is 0 Å². The molecule has 0 spiro atoms. The summed E-state index contributed by atoms with van der Waals surface area (Å²) < 4.78 is 5.71. The first-order chi connectivity index (χ1) is 11.1. The molecule has 0 saturated carbocycles. The molecule has 0 saturated heterocycles. The zero-order chi connectivity index (χ0) is 16.4. The van der Waals surface area contributed by atoms with Crippen molar-refractivity contribution in [3.63, 3.8) is 0 Å². The number of benzene rings is 1. The van der Waals surface area contributed by atoms with Crippen LogP contribution >= 0.6 is 27.5 Å². The number of nitrogens with one attached hydrogen (secondary N) is 2. The van der Waals surface area contributed by atoms with Crippen LogP contribution in [0.15, 0.2) is 34.9 Å². The maximum atomic E-state index is 11.5. The summed E-state index contributed by atoms with van der Waals surface area (Å²) in [5, 5.41) is 3.15. The zero-order valence-corrected chi connectivity index (χ0v) is 14.4. The van der Waals surface area contributed by atoms with Crippen LogP contribution in [0.3, 0.4) is 0 Å². The van der Waals surface area contributed by atoms with Gasteiger partial charge in [-0.3, -0.25) is 5.32 Å². The van der Waals surface area contributed by atoms with E-state index < -0.39 is 6.09 Å². The maximum absolute atomic E-state index is 11.5. The molecule has 0 atom stereocenters. The second-order valence-corrected chi connectivity index (χ2v) is 5.97. The molecule has 23 heavy (non-hydrogen) atoms. The molecule has 0 aliphatic carbocycles. The molecule has 6 nitrogen and oxygen atoms in total. The van der Waals surface area contributed by atoms with Crippen molar-refractivity contribution in [2.75, 3.05) is 11.9 Å². The number of nitrogens with zero attached hydrogens (tertiary/aromatic N) is 2. The molecule has 3 rings (SSSR count). The zero-order valence-electron chi connectivity index (χ0n) is 12.1. The summed E-state index contributed by atoms with van der Waals surface area (Å²) in [4.78, 5) is 23.3. The topological polar surface area (TPSA) is 79.9 Å². The van der Waals surface area contributed by atoms with Crippen molar-refractivity contribution in [1.29, 1.82) is 0 Å². The molecule has 3 aromatic rings. The number of ether oxygens (including phenoxy) is 1. The van der Waals surface area contributed by atoms with Crippen molar-refractivity contribution in [1.82, 2.24) is 15.0 Å². The minimum absolute atomic E-state index is 0.302. The summed E-state index contributed by atoms with van der Waals surface area (Å²) in [7, 11) is 0. The Balaban J connectivity index is 1.98. The van der Waals surface area contributed by atoms with Gasteiger partial charge in [0, 0.05) is 21.9 Å². The molecule has 0 aliphatic heterocycles. The lowest BCUT2D eigenvalue weighted by Crippen LogP contribution is -2.13. The molecular weight excluding hydrogens is 384 g/mol. The van der Waals surface area contributed by atoms with E-state index in [1.807, 2.05) is 6.07 Å². The standard InChI is InChI=1S/C15H12BrClN4O2/c1-2-23-15(22)19-9-3-4-11(17)10(6-9)13-20-12-5-8(16)7-18-14(12)21-13/h3-7H,2H2,1H3,(H,19,22)(H,18,20,21). The fourth-order valence-electron chi connectivity index (χ4n) is 2.07. The molecule has 2 N–H and O–H groups in total. The minimum atomic E-state index is -0.518. The number of H-pyrrole nitrogens is 1. The Hall–Kier alpha value is -2.12. The number of rotatable bonds is 3. The molecule has 0 bridgehead atoms. The second kappa shape index (κ2) is 6.55. The van der Waals surface area contributed by atoms with E-state index in [4.69, 9.17) is 16.3 Å². The van der Waals surface area contributed by atoms with E-state index in [0.29, 0.717) is 34.4 Å². The van der Waals surface area contributed by atoms with Gasteiger partial charge < -0.3 is 9.72 Å². The average molecular weight is 396 g/mol. The number of pyridine rings is 1. The highest BCUT2D eigenvalue weighted by molar-refractivity contribution is 9.10. The van der Waals surface area contributed by atoms with E-state index in [1.54, 1.807) is 31.3 Å². The molecule has 8 heteroatoms. The van der Waals surface area contributed by atoms with Gasteiger partial charge >= 0.3 is 6.09 Å². The van der Waals surface area contributed by atoms with Crippen LogP contribution < -0.4 is 5.32 Å². The monoisotopic (exact) mass is 394 g/mol. The fraction of sp³-hybridized carbons (Fsp3) is 0.133. The number of aromatic nitrogens is 3. The summed E-state index contributed by atoms with van der Waals surface area (Å²) >= 11 is 9.62. The maximum Gasteiger partial charge on any atom is 0.411 e. The average Bonchev–Trinajstić information content (AvgIpc) is 2.92. The smallest absolute Gasteiger partial charge is 0.411 e. The molecular formula is C15H12BrClN4O2. The summed E-state index contributed by atoms with van der Waals surface area (Å²) in [6.07, 6.45) is 1.16. The number of carbonyl (C=O) groups is 1. The van der Waals surface area contributed by atoms with Gasteiger partial charge in [-0.2, -0.15) is 0 Å². The number of halogens is 2. The lowest BCUT2D eigenvalue weighted by molar-refractivity contribution is 0.168. The quantitative estimate of drug-likeness (QED) is 0.679. The largest absolute Gasteiger partial charge is 0.450 e. The van der Waals surface area contributed by atoms with Crippen LogP contribution in [0.2, 0.25) is 5.02 Å². The highest BCUT2D eigenvalue weighted by Crippen LogP contribution is 2.30. The van der Waals surface area contributed by atoms with Crippen molar-refractivity contribution >= 4 is 50.5 Å². The van der Waals surface area contributed by atoms with Crippen LogP contribution in [0.4, 0.5) is 10.5 Å². The molecule has 0 fully saturated rings. The van der Waals surface area contributed by atoms with Gasteiger partial charge in [0.15, 0.2) is 5.65 Å². The van der Waals surface area contributed by atoms with Crippen molar-refractivity contribution in [3.05, 3.63) is 40.0 Å². The van der Waals surface area contributed by atoms with Crippen LogP contribution in [0, 0.1) is 0 Å². The van der Waals surface area contributed by atoms with Gasteiger partial charge in [0.05, 0.1) is 17.1 Å². The lowest BCUT2D eigenvalue weighted by atomic mass is 10.2. The second-order valence-electron chi connectivity index (χ2n) is 4.65. The van der Waals surface area contributed by atoms with E-state index >= 15 is 0 Å². The third-order valence-corrected chi connectivity index (χ3v) is 3.81. The van der Waals surface area contributed by atoms with Gasteiger partial charge in [-0.05, 0) is 47.1 Å². The van der Waals surface area contributed by atoms with Crippen LogP contribution in [-0.4, -0.2) is 27.7 Å². The molecule has 2 aromatic heterocycles. The van der Waals surface area contributed by atoms with Crippen LogP contribution in [0.25, 0.3) is 22.6 Å². The van der Waals surface area contributed by atoms with Gasteiger partial charge in [-0.25, -0.2) is 14.8 Å². The van der Waals surface area contributed by atoms with E-state index in [-0.39, 0.29) is 0 Å². The van der Waals surface area contributed by atoms with Crippen molar-refractivity contribution in [2.45, 2.75) is 6.92 Å². The predicted molar refractivity (Wildman–Crippen MR) is 92.7 cm³/mol. The van der Waals surface area contributed by atoms with Crippen molar-refractivity contribution in [2.24, 2.45) is 0 Å². The first-order valence-corrected chi connectivity index (χ1v) is 7.99. The first kappa shape index (κ1) is 15.8. The van der Waals surface area contributed by atoms with Gasteiger partial charge in [-0.15, -0.1) is 0 Å². The SMILES string of the molecule is CCOC(=O)Nc1ccc(Cl)c(-c2nc3ncc(Br)cc3[nH]2)c1. The van der Waals surface area contributed by atoms with Gasteiger partial charge in [0.1, 0.15) is 5.82 Å². The van der Waals surface area contributed by atoms with Crippen LogP contribution in [0.5, 0.6) is 0 Å². The predicted octanol–water partition coefficient (Wildman–Crippen LogP) is 4.61. The summed E-state index contributed by atoms with van der Waals surface area (Å²) in [5.41, 5.74) is 2.60. The summed E-state index contributed by atoms with van der Waals surface area (Å²) in [5.74, 6) is 0.572. The van der Waals surface area contributed by atoms with Crippen molar-refractivity contribution < 1.29 is 9.53 Å². The van der Waals surface area contributed by atoms with E-state index in [2.05, 4.69) is 36.2 Å². The Kier molecular flexibility index (Phi) is 4.49. The molecule has 1 aromatic carbocycles. The van der Waals surface area contributed by atoms with E-state index in [0.717, 1.165) is 9.99 Å². The molecule has 0 radical (unpaired) electrons. The Morgan fingerprint density at radius 1 is 1.43 bits per heavy atom. The minimum Gasteiger partial charge on any atom is -0.450 e. The number of anilines is 1. The normalized spacial score (nSPS) is 10.7. The molecule has 1 amide bonds. The number of carbonyl (C=O) groups excluding carboxylic acids is 1. The lowest BCUT2D eigenvalue weighted by Gasteiger charge is -2.07. The third kappa shape index (κ3) is 3.46. The molecule has 0 aliphatic rings. The highest BCUT2D eigenvalue weighted by Gasteiger charge is 2.12. The highest BCUT2D eigenvalue weighted by atomic mass is 79.9. The number of imidazole rings is 1. The number of hydrogen-bond donors (Lipinski definition) is 2. The Morgan fingerprint density at radius 3 is 3.04 bits per heavy atom. The Morgan fingerprint density at radius 2 is 2.26 bits per heavy atom.